The first-order chi connectivity index (χ1) is 18.5. The lowest BCUT2D eigenvalue weighted by atomic mass is 10.1. The van der Waals surface area contributed by atoms with Crippen molar-refractivity contribution in [3.63, 3.8) is 0 Å². The summed E-state index contributed by atoms with van der Waals surface area (Å²) in [6.45, 7) is 0. The van der Waals surface area contributed by atoms with Crippen LogP contribution < -0.4 is 16.0 Å². The summed E-state index contributed by atoms with van der Waals surface area (Å²) in [5.74, 6) is -0.554. The molecule has 1 aromatic heterocycles. The maximum atomic E-state index is 13.7. The quantitative estimate of drug-likeness (QED) is 0.106. The zero-order valence-corrected chi connectivity index (χ0v) is 23.6. The zero-order valence-electron chi connectivity index (χ0n) is 19.7. The summed E-state index contributed by atoms with van der Waals surface area (Å²) in [6, 6.07) is 19.5. The van der Waals surface area contributed by atoms with Crippen LogP contribution in [0.4, 0.5) is 5.69 Å². The smallest absolute Gasteiger partial charge is 0.266 e. The molecule has 3 N–H and O–H groups in total. The molecule has 0 saturated carbocycles. The maximum Gasteiger partial charge on any atom is 0.266 e. The van der Waals surface area contributed by atoms with Crippen molar-refractivity contribution in [1.29, 1.82) is 0 Å². The van der Waals surface area contributed by atoms with Crippen LogP contribution in [0.2, 0.25) is 15.1 Å². The van der Waals surface area contributed by atoms with Gasteiger partial charge in [0.2, 0.25) is 15.9 Å². The second-order valence-corrected chi connectivity index (χ2v) is 12.1. The summed E-state index contributed by atoms with van der Waals surface area (Å²) in [5.41, 5.74) is 0.701. The average molecular weight is 620 g/mol. The number of nitrogens with one attached hydrogen (secondary N) is 1. The molecule has 5 rings (SSSR count). The topological polar surface area (TPSA) is 124 Å². The predicted molar refractivity (Wildman–Crippen MR) is 157 cm³/mol. The normalized spacial score (nSPS) is 11.7. The first kappa shape index (κ1) is 27.4. The maximum absolute atomic E-state index is 13.7. The van der Waals surface area contributed by atoms with Gasteiger partial charge in [-0.2, -0.15) is 0 Å². The van der Waals surface area contributed by atoms with Crippen LogP contribution in [0.1, 0.15) is 0 Å². The number of hydrogen-bond acceptors (Lipinski definition) is 6. The lowest BCUT2D eigenvalue weighted by Gasteiger charge is -2.14. The van der Waals surface area contributed by atoms with Crippen molar-refractivity contribution in [2.45, 2.75) is 10.1 Å². The lowest BCUT2D eigenvalue weighted by Crippen LogP contribution is -2.23. The highest BCUT2D eigenvalue weighted by Crippen LogP contribution is 2.32. The molecule has 5 aromatic rings. The molecule has 0 aliphatic carbocycles. The number of sulfonamides is 1. The minimum atomic E-state index is -3.93. The Morgan fingerprint density at radius 3 is 2.23 bits per heavy atom. The third kappa shape index (κ3) is 5.76. The van der Waals surface area contributed by atoms with E-state index in [4.69, 9.17) is 44.9 Å². The van der Waals surface area contributed by atoms with Crippen molar-refractivity contribution in [2.24, 2.45) is 5.14 Å². The number of benzene rings is 4. The molecular formula is C26H17Cl3N4O4S2. The van der Waals surface area contributed by atoms with Crippen molar-refractivity contribution in [1.82, 2.24) is 9.55 Å². The van der Waals surface area contributed by atoms with Crippen molar-refractivity contribution in [3.05, 3.63) is 98.2 Å². The molecule has 0 saturated heterocycles. The van der Waals surface area contributed by atoms with E-state index < -0.39 is 15.9 Å². The molecule has 1 heterocycles. The number of fused-ring (bicyclic) bond motifs is 2. The Kier molecular flexibility index (Phi) is 7.60. The first-order valence-corrected chi connectivity index (χ1v) is 14.8. The molecule has 8 nitrogen and oxygen atoms in total. The Hall–Kier alpha value is -3.12. The van der Waals surface area contributed by atoms with Crippen LogP contribution in [0, 0.1) is 0 Å². The number of carbonyl (C=O) groups excluding carboxylic acids is 1. The number of aromatic nitrogens is 2. The SMILES string of the molecule is NS(=O)(=O)c1ccc(-n2c(SCC(=O)Nc3cc(Cl)c(Cl)cc3Cl)nc3cc4ccccc4cc3c2=O)cc1. The predicted octanol–water partition coefficient (Wildman–Crippen LogP) is 5.88. The molecule has 0 spiro atoms. The lowest BCUT2D eigenvalue weighted by molar-refractivity contribution is -0.113. The van der Waals surface area contributed by atoms with E-state index in [1.54, 1.807) is 12.1 Å². The summed E-state index contributed by atoms with van der Waals surface area (Å²) >= 11 is 19.2. The fourth-order valence-electron chi connectivity index (χ4n) is 3.90. The Labute approximate surface area is 241 Å². The van der Waals surface area contributed by atoms with E-state index in [0.717, 1.165) is 22.5 Å². The van der Waals surface area contributed by atoms with E-state index in [9.17, 15) is 18.0 Å². The summed E-state index contributed by atoms with van der Waals surface area (Å²) < 4.78 is 24.8. The molecule has 0 unspecified atom stereocenters. The van der Waals surface area contributed by atoms with Crippen molar-refractivity contribution in [2.75, 3.05) is 11.1 Å². The molecule has 4 aromatic carbocycles. The van der Waals surface area contributed by atoms with Gasteiger partial charge < -0.3 is 5.32 Å². The number of halogens is 3. The Morgan fingerprint density at radius 2 is 1.56 bits per heavy atom. The van der Waals surface area contributed by atoms with E-state index in [-0.39, 0.29) is 42.1 Å². The van der Waals surface area contributed by atoms with Gasteiger partial charge in [-0.15, -0.1) is 0 Å². The van der Waals surface area contributed by atoms with Crippen molar-refractivity contribution in [3.8, 4) is 5.69 Å². The molecule has 0 bridgehead atoms. The van der Waals surface area contributed by atoms with E-state index in [1.165, 1.54) is 41.0 Å². The molecule has 0 aliphatic rings. The Morgan fingerprint density at radius 1 is 0.923 bits per heavy atom. The molecule has 0 atom stereocenters. The van der Waals surface area contributed by atoms with Crippen LogP contribution in [0.3, 0.4) is 0 Å². The van der Waals surface area contributed by atoms with Crippen LogP contribution in [-0.2, 0) is 14.8 Å². The fraction of sp³-hybridized carbons (Fsp3) is 0.0385. The highest BCUT2D eigenvalue weighted by molar-refractivity contribution is 7.99. The molecule has 1 amide bonds. The molecule has 0 aliphatic heterocycles. The van der Waals surface area contributed by atoms with Gasteiger partial charge in [0.15, 0.2) is 5.16 Å². The van der Waals surface area contributed by atoms with Gasteiger partial charge in [0.05, 0.1) is 48.0 Å². The number of anilines is 1. The van der Waals surface area contributed by atoms with Gasteiger partial charge in [-0.25, -0.2) is 18.5 Å². The molecular weight excluding hydrogens is 603 g/mol. The van der Waals surface area contributed by atoms with Crippen molar-refractivity contribution < 1.29 is 13.2 Å². The summed E-state index contributed by atoms with van der Waals surface area (Å²) in [7, 11) is -3.93. The standard InChI is InChI=1S/C26H17Cl3N4O4S2/c27-19-11-21(29)23(12-20(19)28)31-24(34)13-38-26-32-22-10-15-4-2-1-3-14(15)9-18(22)25(35)33(26)16-5-7-17(8-6-16)39(30,36)37/h1-12H,13H2,(H,31,34)(H2,30,36,37). The summed E-state index contributed by atoms with van der Waals surface area (Å²) in [6.07, 6.45) is 0. The number of rotatable bonds is 6. The third-order valence-corrected chi connectivity index (χ3v) is 8.65. The summed E-state index contributed by atoms with van der Waals surface area (Å²) in [5, 5.41) is 10.9. The Balaban J connectivity index is 1.56. The number of hydrogen-bond donors (Lipinski definition) is 2. The second-order valence-electron chi connectivity index (χ2n) is 8.37. The molecule has 198 valence electrons. The average Bonchev–Trinajstić information content (AvgIpc) is 2.89. The monoisotopic (exact) mass is 618 g/mol. The van der Waals surface area contributed by atoms with Crippen LogP contribution in [0.25, 0.3) is 27.4 Å². The number of carbonyl (C=O) groups is 1. The van der Waals surface area contributed by atoms with Gasteiger partial charge in [0.25, 0.3) is 5.56 Å². The fourth-order valence-corrected chi connectivity index (χ4v) is 5.82. The number of amides is 1. The third-order valence-electron chi connectivity index (χ3n) is 5.74. The number of nitrogens with two attached hydrogens (primary N) is 1. The van der Waals surface area contributed by atoms with Gasteiger partial charge in [0.1, 0.15) is 0 Å². The van der Waals surface area contributed by atoms with Gasteiger partial charge in [-0.1, -0.05) is 70.8 Å². The van der Waals surface area contributed by atoms with Crippen LogP contribution in [0.5, 0.6) is 0 Å². The number of thioether (sulfide) groups is 1. The first-order valence-electron chi connectivity index (χ1n) is 11.2. The Bertz CT molecular complexity index is 1950. The highest BCUT2D eigenvalue weighted by atomic mass is 35.5. The largest absolute Gasteiger partial charge is 0.324 e. The van der Waals surface area contributed by atoms with E-state index in [1.807, 2.05) is 24.3 Å². The van der Waals surface area contributed by atoms with E-state index in [0.29, 0.717) is 16.6 Å². The van der Waals surface area contributed by atoms with Crippen LogP contribution >= 0.6 is 46.6 Å². The molecule has 0 radical (unpaired) electrons. The summed E-state index contributed by atoms with van der Waals surface area (Å²) in [4.78, 5) is 31.1. The van der Waals surface area contributed by atoms with Crippen LogP contribution in [0.15, 0.2) is 87.6 Å². The zero-order chi connectivity index (χ0) is 27.9. The minimum absolute atomic E-state index is 0.105. The van der Waals surface area contributed by atoms with Gasteiger partial charge in [0, 0.05) is 0 Å². The number of primary sulfonamides is 1. The number of nitrogens with zero attached hydrogens (tertiary/aromatic N) is 2. The molecule has 39 heavy (non-hydrogen) atoms. The molecule has 13 heteroatoms. The highest BCUT2D eigenvalue weighted by Gasteiger charge is 2.18. The second kappa shape index (κ2) is 10.8. The van der Waals surface area contributed by atoms with Gasteiger partial charge in [-0.3, -0.25) is 14.2 Å². The minimum Gasteiger partial charge on any atom is -0.324 e. The van der Waals surface area contributed by atoms with Gasteiger partial charge >= 0.3 is 0 Å². The van der Waals surface area contributed by atoms with Gasteiger partial charge in [-0.05, 0) is 59.3 Å². The van der Waals surface area contributed by atoms with E-state index in [2.05, 4.69) is 5.32 Å². The van der Waals surface area contributed by atoms with Crippen molar-refractivity contribution >= 4 is 89.9 Å². The molecule has 0 fully saturated rings. The van der Waals surface area contributed by atoms with Crippen LogP contribution in [-0.4, -0.2) is 29.6 Å². The van der Waals surface area contributed by atoms with E-state index >= 15 is 0 Å².